The summed E-state index contributed by atoms with van der Waals surface area (Å²) < 4.78 is 33.2. The second kappa shape index (κ2) is 7.70. The van der Waals surface area contributed by atoms with Gasteiger partial charge in [0.25, 0.3) is 0 Å². The Morgan fingerprint density at radius 3 is 2.63 bits per heavy atom. The van der Waals surface area contributed by atoms with Gasteiger partial charge in [-0.3, -0.25) is 0 Å². The fourth-order valence-electron chi connectivity index (χ4n) is 1.51. The van der Waals surface area contributed by atoms with Crippen LogP contribution in [0.4, 0.5) is 0 Å². The van der Waals surface area contributed by atoms with Gasteiger partial charge in [0.1, 0.15) is 0 Å². The largest absolute Gasteiger partial charge is 0.396 e. The van der Waals surface area contributed by atoms with Gasteiger partial charge in [-0.15, -0.1) is 0 Å². The zero-order chi connectivity index (χ0) is 14.5. The molecule has 0 bridgehead atoms. The standard InChI is InChI=1S/C11H15Br2NO4S/c1-18-7-9(4-5-15)14-19(16,17)11-3-2-8(12)6-10(11)13/h2-3,6,9,14-15H,4-5,7H2,1H3. The van der Waals surface area contributed by atoms with Crippen LogP contribution < -0.4 is 4.72 Å². The van der Waals surface area contributed by atoms with Crippen LogP contribution in [0.15, 0.2) is 32.0 Å². The average molecular weight is 417 g/mol. The van der Waals surface area contributed by atoms with Gasteiger partial charge in [0.05, 0.1) is 11.5 Å². The summed E-state index contributed by atoms with van der Waals surface area (Å²) in [6.45, 7) is 0.0893. The summed E-state index contributed by atoms with van der Waals surface area (Å²) >= 11 is 6.49. The van der Waals surface area contributed by atoms with Gasteiger partial charge in [0.2, 0.25) is 10.0 Å². The summed E-state index contributed by atoms with van der Waals surface area (Å²) in [5.41, 5.74) is 0. The predicted octanol–water partition coefficient (Wildman–Crippen LogP) is 1.89. The second-order valence-corrected chi connectivity index (χ2v) is 7.31. The van der Waals surface area contributed by atoms with E-state index in [9.17, 15) is 8.42 Å². The van der Waals surface area contributed by atoms with Crippen molar-refractivity contribution in [1.29, 1.82) is 0 Å². The van der Waals surface area contributed by atoms with E-state index in [-0.39, 0.29) is 18.1 Å². The van der Waals surface area contributed by atoms with E-state index in [1.807, 2.05) is 0 Å². The lowest BCUT2D eigenvalue weighted by molar-refractivity contribution is 0.158. The number of rotatable bonds is 7. The number of methoxy groups -OCH3 is 1. The molecule has 19 heavy (non-hydrogen) atoms. The second-order valence-electron chi connectivity index (χ2n) is 3.86. The molecule has 0 amide bonds. The predicted molar refractivity (Wildman–Crippen MR) is 79.5 cm³/mol. The highest BCUT2D eigenvalue weighted by Crippen LogP contribution is 2.25. The Labute approximate surface area is 129 Å². The molecule has 1 unspecified atom stereocenters. The number of aliphatic hydroxyl groups is 1. The number of nitrogens with one attached hydrogen (secondary N) is 1. The molecule has 5 nitrogen and oxygen atoms in total. The molecule has 0 heterocycles. The van der Waals surface area contributed by atoms with Gasteiger partial charge >= 0.3 is 0 Å². The number of aliphatic hydroxyl groups excluding tert-OH is 1. The maximum absolute atomic E-state index is 12.2. The average Bonchev–Trinajstić information content (AvgIpc) is 2.28. The topological polar surface area (TPSA) is 75.6 Å². The zero-order valence-electron chi connectivity index (χ0n) is 10.3. The fraction of sp³-hybridized carbons (Fsp3) is 0.455. The number of hydrogen-bond donors (Lipinski definition) is 2. The lowest BCUT2D eigenvalue weighted by Gasteiger charge is -2.17. The quantitative estimate of drug-likeness (QED) is 0.711. The first-order chi connectivity index (χ1) is 8.90. The van der Waals surface area contributed by atoms with E-state index in [2.05, 4.69) is 36.6 Å². The number of hydrogen-bond acceptors (Lipinski definition) is 4. The van der Waals surface area contributed by atoms with Crippen molar-refractivity contribution in [3.05, 3.63) is 27.1 Å². The molecule has 1 aromatic carbocycles. The maximum atomic E-state index is 12.2. The fourth-order valence-corrected chi connectivity index (χ4v) is 4.51. The van der Waals surface area contributed by atoms with Crippen LogP contribution in [-0.4, -0.2) is 39.9 Å². The highest BCUT2D eigenvalue weighted by atomic mass is 79.9. The molecule has 0 saturated heterocycles. The van der Waals surface area contributed by atoms with Crippen molar-refractivity contribution in [2.24, 2.45) is 0 Å². The Morgan fingerprint density at radius 2 is 2.11 bits per heavy atom. The van der Waals surface area contributed by atoms with Crippen molar-refractivity contribution < 1.29 is 18.3 Å². The molecule has 0 aromatic heterocycles. The minimum absolute atomic E-state index is 0.113. The molecular weight excluding hydrogens is 402 g/mol. The number of halogens is 2. The van der Waals surface area contributed by atoms with E-state index in [0.29, 0.717) is 10.9 Å². The van der Waals surface area contributed by atoms with Crippen LogP contribution in [0.3, 0.4) is 0 Å². The minimum Gasteiger partial charge on any atom is -0.396 e. The third-order valence-electron chi connectivity index (χ3n) is 2.35. The van der Waals surface area contributed by atoms with E-state index >= 15 is 0 Å². The Bertz CT molecular complexity index is 515. The smallest absolute Gasteiger partial charge is 0.242 e. The van der Waals surface area contributed by atoms with Crippen LogP contribution >= 0.6 is 31.9 Å². The van der Waals surface area contributed by atoms with Gasteiger partial charge in [0, 0.05) is 28.7 Å². The van der Waals surface area contributed by atoms with Crippen molar-refractivity contribution in [3.63, 3.8) is 0 Å². The minimum atomic E-state index is -3.66. The molecule has 1 rings (SSSR count). The normalized spacial score (nSPS) is 13.5. The molecule has 1 atom stereocenters. The molecule has 0 aliphatic carbocycles. The summed E-state index contributed by atoms with van der Waals surface area (Å²) in [6.07, 6.45) is 0.293. The van der Waals surface area contributed by atoms with Gasteiger partial charge < -0.3 is 9.84 Å². The first-order valence-corrected chi connectivity index (χ1v) is 8.55. The molecule has 0 fully saturated rings. The van der Waals surface area contributed by atoms with Crippen molar-refractivity contribution >= 4 is 41.9 Å². The Kier molecular flexibility index (Phi) is 6.92. The molecule has 8 heteroatoms. The lowest BCUT2D eigenvalue weighted by Crippen LogP contribution is -2.38. The molecule has 0 radical (unpaired) electrons. The zero-order valence-corrected chi connectivity index (χ0v) is 14.3. The van der Waals surface area contributed by atoms with E-state index < -0.39 is 16.1 Å². The Morgan fingerprint density at radius 1 is 1.42 bits per heavy atom. The Hall–Kier alpha value is 0.01000. The van der Waals surface area contributed by atoms with Crippen LogP contribution in [0.25, 0.3) is 0 Å². The van der Waals surface area contributed by atoms with E-state index in [1.165, 1.54) is 13.2 Å². The number of ether oxygens (including phenoxy) is 1. The van der Waals surface area contributed by atoms with E-state index in [0.717, 1.165) is 4.47 Å². The maximum Gasteiger partial charge on any atom is 0.242 e. The Balaban J connectivity index is 2.96. The van der Waals surface area contributed by atoms with Crippen molar-refractivity contribution in [1.82, 2.24) is 4.72 Å². The highest BCUT2D eigenvalue weighted by molar-refractivity contribution is 9.11. The molecule has 0 aliphatic heterocycles. The first kappa shape index (κ1) is 17.1. The van der Waals surface area contributed by atoms with Gasteiger partial charge in [-0.05, 0) is 40.5 Å². The highest BCUT2D eigenvalue weighted by Gasteiger charge is 2.22. The molecule has 0 aliphatic rings. The van der Waals surface area contributed by atoms with E-state index in [4.69, 9.17) is 9.84 Å². The third kappa shape index (κ3) is 5.13. The van der Waals surface area contributed by atoms with Crippen LogP contribution in [0.5, 0.6) is 0 Å². The van der Waals surface area contributed by atoms with Crippen LogP contribution in [0, 0.1) is 0 Å². The van der Waals surface area contributed by atoms with E-state index in [1.54, 1.807) is 12.1 Å². The van der Waals surface area contributed by atoms with Crippen LogP contribution in [0.1, 0.15) is 6.42 Å². The summed E-state index contributed by atoms with van der Waals surface area (Å²) in [7, 11) is -2.18. The third-order valence-corrected chi connectivity index (χ3v) is 5.34. The summed E-state index contributed by atoms with van der Waals surface area (Å²) in [4.78, 5) is 0.148. The van der Waals surface area contributed by atoms with Crippen molar-refractivity contribution in [3.8, 4) is 0 Å². The van der Waals surface area contributed by atoms with Crippen LogP contribution in [-0.2, 0) is 14.8 Å². The van der Waals surface area contributed by atoms with Crippen molar-refractivity contribution in [2.75, 3.05) is 20.3 Å². The molecular formula is C11H15Br2NO4S. The summed E-state index contributed by atoms with van der Waals surface area (Å²) in [5.74, 6) is 0. The van der Waals surface area contributed by atoms with Gasteiger partial charge in [-0.25, -0.2) is 13.1 Å². The molecule has 2 N–H and O–H groups in total. The lowest BCUT2D eigenvalue weighted by atomic mass is 10.2. The number of sulfonamides is 1. The van der Waals surface area contributed by atoms with Crippen LogP contribution in [0.2, 0.25) is 0 Å². The molecule has 0 saturated carbocycles. The van der Waals surface area contributed by atoms with Gasteiger partial charge in [0.15, 0.2) is 0 Å². The SMILES string of the molecule is COCC(CCO)NS(=O)(=O)c1ccc(Br)cc1Br. The summed E-state index contributed by atoms with van der Waals surface area (Å²) in [5, 5.41) is 8.92. The summed E-state index contributed by atoms with van der Waals surface area (Å²) in [6, 6.07) is 4.35. The van der Waals surface area contributed by atoms with Crippen molar-refractivity contribution in [2.45, 2.75) is 17.4 Å². The molecule has 1 aromatic rings. The number of benzene rings is 1. The monoisotopic (exact) mass is 415 g/mol. The molecule has 0 spiro atoms. The first-order valence-electron chi connectivity index (χ1n) is 5.48. The van der Waals surface area contributed by atoms with Gasteiger partial charge in [-0.1, -0.05) is 15.9 Å². The molecule has 108 valence electrons. The van der Waals surface area contributed by atoms with Gasteiger partial charge in [-0.2, -0.15) is 0 Å².